The van der Waals surface area contributed by atoms with Crippen molar-refractivity contribution in [2.75, 3.05) is 26.9 Å². The van der Waals surface area contributed by atoms with E-state index >= 15 is 0 Å². The van der Waals surface area contributed by atoms with E-state index in [4.69, 9.17) is 56.8 Å². The second kappa shape index (κ2) is 26.1. The molecular weight excluding hydrogens is 1050 g/mol. The molecule has 35 nitrogen and oxygen atoms in total. The standard InChI is InChI=1S/C41H64N2O33/c1-8(47)42-15-17(50)26(12(6-45)67-37(15)64)71-41-23(56)20(53)29(32(75-41)35(60)61)69-14-4-10(49)25(11(5-44)66-14)70-39-24(57)21(54)30(33(76-39)36(62)63)73-38-16(43-9(2)48)18(51)27(13(7-46)68-38)72-40-22(55)19(52)28(65-3)31(74-40)34(58)59/h10-33,37-41,44-46,49-57,64H,4-7H2,1-3H3,(H,42,47)(H,43,48)(H,58,59)(H,60,61)(H,62,63)/t10-,11-,12-,13-,14-,15-,16-,17-,18-,19-,20-,21-,22-,23-,24-,25+,26-,27-,28+,29+,30+,31+,32+,33+,37+,38-,39-,40-,41-/m1/s1. The predicted molar refractivity (Wildman–Crippen MR) is 227 cm³/mol. The van der Waals surface area contributed by atoms with Crippen LogP contribution in [0.25, 0.3) is 0 Å². The Balaban J connectivity index is 1.12. The molecule has 6 saturated heterocycles. The summed E-state index contributed by atoms with van der Waals surface area (Å²) < 4.78 is 66.0. The van der Waals surface area contributed by atoms with Crippen LogP contribution in [0.1, 0.15) is 20.3 Å². The van der Waals surface area contributed by atoms with Crippen LogP contribution >= 0.6 is 0 Å². The van der Waals surface area contributed by atoms with Gasteiger partial charge in [0.05, 0.1) is 25.9 Å². The molecule has 2 amide bonds. The largest absolute Gasteiger partial charge is 0.479 e. The zero-order chi connectivity index (χ0) is 56.4. The van der Waals surface area contributed by atoms with Gasteiger partial charge < -0.3 is 149 Å². The lowest BCUT2D eigenvalue weighted by Gasteiger charge is -2.49. The third kappa shape index (κ3) is 13.2. The van der Waals surface area contributed by atoms with Crippen molar-refractivity contribution in [3.63, 3.8) is 0 Å². The molecule has 0 bridgehead atoms. The molecule has 0 aromatic carbocycles. The lowest BCUT2D eigenvalue weighted by molar-refractivity contribution is -0.376. The molecule has 6 aliphatic rings. The van der Waals surface area contributed by atoms with Crippen LogP contribution in [0.4, 0.5) is 0 Å². The van der Waals surface area contributed by atoms with Crippen LogP contribution in [0.5, 0.6) is 0 Å². The fourth-order valence-corrected chi connectivity index (χ4v) is 9.51. The van der Waals surface area contributed by atoms with Crippen molar-refractivity contribution in [1.29, 1.82) is 0 Å². The summed E-state index contributed by atoms with van der Waals surface area (Å²) in [5.74, 6) is -7.02. The minimum absolute atomic E-state index is 0.730. The first-order valence-corrected chi connectivity index (χ1v) is 23.4. The lowest BCUT2D eigenvalue weighted by atomic mass is 9.94. The number of rotatable bonds is 19. The Morgan fingerprint density at radius 1 is 0.434 bits per heavy atom. The van der Waals surface area contributed by atoms with E-state index in [-0.39, 0.29) is 0 Å². The second-order valence-electron chi connectivity index (χ2n) is 18.4. The third-order valence-electron chi connectivity index (χ3n) is 13.3. The summed E-state index contributed by atoms with van der Waals surface area (Å²) in [4.78, 5) is 61.1. The third-order valence-corrected chi connectivity index (χ3v) is 13.3. The summed E-state index contributed by atoms with van der Waals surface area (Å²) in [6.07, 6.45) is -54.7. The van der Waals surface area contributed by atoms with Gasteiger partial charge in [-0.15, -0.1) is 0 Å². The molecule has 18 N–H and O–H groups in total. The molecule has 6 rings (SSSR count). The average molecular weight is 1110 g/mol. The maximum atomic E-state index is 12.7. The molecule has 6 fully saturated rings. The van der Waals surface area contributed by atoms with Crippen molar-refractivity contribution in [3.8, 4) is 0 Å². The van der Waals surface area contributed by atoms with Crippen LogP contribution in [0.15, 0.2) is 0 Å². The van der Waals surface area contributed by atoms with Gasteiger partial charge in [-0.25, -0.2) is 14.4 Å². The van der Waals surface area contributed by atoms with Crippen LogP contribution in [0, 0.1) is 0 Å². The molecule has 0 aromatic rings. The Morgan fingerprint density at radius 2 is 0.803 bits per heavy atom. The van der Waals surface area contributed by atoms with E-state index in [0.717, 1.165) is 21.0 Å². The van der Waals surface area contributed by atoms with E-state index < -0.39 is 234 Å². The average Bonchev–Trinajstić information content (AvgIpc) is 3.36. The molecule has 0 aliphatic carbocycles. The van der Waals surface area contributed by atoms with Crippen LogP contribution in [-0.2, 0) is 80.8 Å². The number of amides is 2. The number of methoxy groups -OCH3 is 1. The number of ether oxygens (including phenoxy) is 12. The minimum atomic E-state index is -2.37. The molecule has 0 unspecified atom stereocenters. The van der Waals surface area contributed by atoms with E-state index in [2.05, 4.69) is 10.6 Å². The molecule has 0 aromatic heterocycles. The Labute approximate surface area is 427 Å². The van der Waals surface area contributed by atoms with Crippen molar-refractivity contribution < 1.29 is 163 Å². The van der Waals surface area contributed by atoms with Crippen LogP contribution in [0.2, 0.25) is 0 Å². The summed E-state index contributed by atoms with van der Waals surface area (Å²) >= 11 is 0. The number of aliphatic hydroxyl groups is 13. The van der Waals surface area contributed by atoms with E-state index in [0.29, 0.717) is 0 Å². The van der Waals surface area contributed by atoms with E-state index in [1.54, 1.807) is 0 Å². The molecule has 0 saturated carbocycles. The van der Waals surface area contributed by atoms with Gasteiger partial charge in [0.25, 0.3) is 0 Å². The molecule has 0 spiro atoms. The van der Waals surface area contributed by atoms with Gasteiger partial charge in [0.15, 0.2) is 56.1 Å². The summed E-state index contributed by atoms with van der Waals surface area (Å²) in [6.45, 7) is -1.06. The van der Waals surface area contributed by atoms with Gasteiger partial charge in [0.2, 0.25) is 11.8 Å². The Hall–Kier alpha value is -3.65. The fraction of sp³-hybridized carbons (Fsp3) is 0.878. The maximum absolute atomic E-state index is 12.7. The van der Waals surface area contributed by atoms with Gasteiger partial charge in [-0.1, -0.05) is 0 Å². The van der Waals surface area contributed by atoms with Crippen LogP contribution in [0.3, 0.4) is 0 Å². The number of carbonyl (C=O) groups excluding carboxylic acids is 2. The monoisotopic (exact) mass is 1110 g/mol. The number of carboxylic acids is 3. The van der Waals surface area contributed by atoms with E-state index in [9.17, 15) is 106 Å². The minimum Gasteiger partial charge on any atom is -0.479 e. The highest BCUT2D eigenvalue weighted by Gasteiger charge is 2.59. The highest BCUT2D eigenvalue weighted by Crippen LogP contribution is 2.37. The smallest absolute Gasteiger partial charge is 0.335 e. The summed E-state index contributed by atoms with van der Waals surface area (Å²) in [6, 6.07) is -3.39. The number of hydrogen-bond donors (Lipinski definition) is 18. The summed E-state index contributed by atoms with van der Waals surface area (Å²) in [5.41, 5.74) is 0. The molecule has 35 heteroatoms. The van der Waals surface area contributed by atoms with Crippen molar-refractivity contribution in [2.24, 2.45) is 0 Å². The number of carboxylic acid groups (broad SMARTS) is 3. The van der Waals surface area contributed by atoms with Crippen molar-refractivity contribution in [1.82, 2.24) is 10.6 Å². The van der Waals surface area contributed by atoms with Crippen molar-refractivity contribution in [3.05, 3.63) is 0 Å². The molecule has 6 aliphatic heterocycles. The van der Waals surface area contributed by atoms with Crippen LogP contribution in [-0.4, -0.2) is 316 Å². The zero-order valence-corrected chi connectivity index (χ0v) is 40.2. The lowest BCUT2D eigenvalue weighted by Crippen LogP contribution is -2.70. The SMILES string of the molecule is CO[C@H]1[C@H](O)[C@@H](O)[C@H](O[C@H]2[C@H](O)[C@@H](NC(C)=O)[C@@H](O[C@H]3[C@H](O)[C@@H](O)[C@H](O[C@H]4[C@H](O)C[C@@H](O[C@H]5[C@H](O)[C@@H](O)[C@H](O[C@H]6[C@H](O)[C@@H](NC(C)=O)[C@@H](O)O[C@@H]6CO)O[C@@H]5C(=O)O)O[C@@H]4CO)O[C@@H]3C(=O)O)O[C@@H]2CO)O[C@@H]1C(=O)O. The molecule has 436 valence electrons. The zero-order valence-electron chi connectivity index (χ0n) is 40.2. The summed E-state index contributed by atoms with van der Waals surface area (Å²) in [5, 5.41) is 175. The highest BCUT2D eigenvalue weighted by molar-refractivity contribution is 5.75. The normalized spacial score (nSPS) is 47.1. The number of hydrogen-bond acceptors (Lipinski definition) is 30. The first-order chi connectivity index (χ1) is 35.8. The van der Waals surface area contributed by atoms with Crippen LogP contribution < -0.4 is 10.6 Å². The maximum Gasteiger partial charge on any atom is 0.335 e. The number of carbonyl (C=O) groups is 5. The molecule has 76 heavy (non-hydrogen) atoms. The molecule has 29 atom stereocenters. The van der Waals surface area contributed by atoms with Gasteiger partial charge in [-0.3, -0.25) is 9.59 Å². The summed E-state index contributed by atoms with van der Waals surface area (Å²) in [7, 11) is 1.03. The Kier molecular flexibility index (Phi) is 21.1. The van der Waals surface area contributed by atoms with Gasteiger partial charge in [-0.05, 0) is 0 Å². The van der Waals surface area contributed by atoms with Gasteiger partial charge in [0.1, 0.15) is 116 Å². The fourth-order valence-electron chi connectivity index (χ4n) is 9.51. The second-order valence-corrected chi connectivity index (χ2v) is 18.4. The Bertz CT molecular complexity index is 1980. The van der Waals surface area contributed by atoms with Gasteiger partial charge in [0, 0.05) is 27.4 Å². The van der Waals surface area contributed by atoms with Gasteiger partial charge in [-0.2, -0.15) is 0 Å². The highest BCUT2D eigenvalue weighted by atomic mass is 16.8. The first kappa shape index (κ1) is 61.6. The predicted octanol–water partition coefficient (Wildman–Crippen LogP) is -11.9. The topological polar surface area (TPSA) is 544 Å². The van der Waals surface area contributed by atoms with Crippen molar-refractivity contribution in [2.45, 2.75) is 198 Å². The Morgan fingerprint density at radius 3 is 1.24 bits per heavy atom. The number of nitrogens with one attached hydrogen (secondary N) is 2. The van der Waals surface area contributed by atoms with Crippen molar-refractivity contribution >= 4 is 29.7 Å². The molecular formula is C41H64N2O33. The number of aliphatic hydroxyl groups excluding tert-OH is 13. The van der Waals surface area contributed by atoms with E-state index in [1.807, 2.05) is 0 Å². The molecule has 0 radical (unpaired) electrons. The first-order valence-electron chi connectivity index (χ1n) is 23.4. The van der Waals surface area contributed by atoms with Gasteiger partial charge >= 0.3 is 17.9 Å². The quantitative estimate of drug-likeness (QED) is 0.0571. The van der Waals surface area contributed by atoms with E-state index in [1.165, 1.54) is 0 Å². The number of aliphatic carboxylic acids is 3. The molecule has 6 heterocycles.